The van der Waals surface area contributed by atoms with Crippen molar-refractivity contribution in [1.29, 1.82) is 0 Å². The molecule has 0 atom stereocenters. The van der Waals surface area contributed by atoms with Gasteiger partial charge in [0.1, 0.15) is 0 Å². The highest BCUT2D eigenvalue weighted by atomic mass is 16.2. The summed E-state index contributed by atoms with van der Waals surface area (Å²) in [5.74, 6) is 0.584. The topological polar surface area (TPSA) is 29.1 Å². The van der Waals surface area contributed by atoms with E-state index in [-0.39, 0.29) is 11.3 Å². The SMILES string of the molecule is CC(C)c1cccc(NC(=O)C2(c3ccccc3)CC2)c1. The Hall–Kier alpha value is -2.09. The third-order valence-corrected chi connectivity index (χ3v) is 4.32. The van der Waals surface area contributed by atoms with E-state index in [0.717, 1.165) is 24.1 Å². The molecule has 0 unspecified atom stereocenters. The van der Waals surface area contributed by atoms with Gasteiger partial charge in [0, 0.05) is 5.69 Å². The smallest absolute Gasteiger partial charge is 0.235 e. The Morgan fingerprint density at radius 3 is 2.38 bits per heavy atom. The molecular formula is C19H21NO. The summed E-state index contributed by atoms with van der Waals surface area (Å²) in [5.41, 5.74) is 2.96. The second kappa shape index (κ2) is 5.36. The highest BCUT2D eigenvalue weighted by Crippen LogP contribution is 2.48. The predicted molar refractivity (Wildman–Crippen MR) is 86.5 cm³/mol. The molecule has 0 radical (unpaired) electrons. The molecule has 21 heavy (non-hydrogen) atoms. The largest absolute Gasteiger partial charge is 0.325 e. The minimum absolute atomic E-state index is 0.120. The van der Waals surface area contributed by atoms with Crippen molar-refractivity contribution in [1.82, 2.24) is 0 Å². The first-order chi connectivity index (χ1) is 10.1. The number of anilines is 1. The van der Waals surface area contributed by atoms with Crippen LogP contribution in [0, 0.1) is 0 Å². The van der Waals surface area contributed by atoms with Gasteiger partial charge in [0.25, 0.3) is 0 Å². The Morgan fingerprint density at radius 1 is 1.05 bits per heavy atom. The van der Waals surface area contributed by atoms with E-state index in [1.54, 1.807) is 0 Å². The van der Waals surface area contributed by atoms with Gasteiger partial charge in [-0.25, -0.2) is 0 Å². The second-order valence-corrected chi connectivity index (χ2v) is 6.18. The Morgan fingerprint density at radius 2 is 1.76 bits per heavy atom. The lowest BCUT2D eigenvalue weighted by molar-refractivity contribution is -0.118. The van der Waals surface area contributed by atoms with Crippen LogP contribution in [0.15, 0.2) is 54.6 Å². The number of hydrogen-bond acceptors (Lipinski definition) is 1. The summed E-state index contributed by atoms with van der Waals surface area (Å²) in [4.78, 5) is 12.7. The summed E-state index contributed by atoms with van der Waals surface area (Å²) in [6.07, 6.45) is 1.87. The van der Waals surface area contributed by atoms with Crippen LogP contribution in [0.4, 0.5) is 5.69 Å². The molecule has 2 aromatic carbocycles. The van der Waals surface area contributed by atoms with Crippen molar-refractivity contribution in [2.45, 2.75) is 38.0 Å². The van der Waals surface area contributed by atoms with E-state index in [2.05, 4.69) is 43.4 Å². The number of benzene rings is 2. The lowest BCUT2D eigenvalue weighted by atomic mass is 9.95. The molecule has 3 rings (SSSR count). The minimum Gasteiger partial charge on any atom is -0.325 e. The molecule has 108 valence electrons. The molecule has 0 heterocycles. The van der Waals surface area contributed by atoms with E-state index in [1.807, 2.05) is 30.3 Å². The number of nitrogens with one attached hydrogen (secondary N) is 1. The van der Waals surface area contributed by atoms with E-state index < -0.39 is 0 Å². The normalized spacial score (nSPS) is 15.8. The lowest BCUT2D eigenvalue weighted by Crippen LogP contribution is -2.27. The minimum atomic E-state index is -0.310. The van der Waals surface area contributed by atoms with Gasteiger partial charge < -0.3 is 5.32 Å². The average molecular weight is 279 g/mol. The van der Waals surface area contributed by atoms with Crippen molar-refractivity contribution in [2.75, 3.05) is 5.32 Å². The van der Waals surface area contributed by atoms with Gasteiger partial charge >= 0.3 is 0 Å². The van der Waals surface area contributed by atoms with Gasteiger partial charge in [-0.1, -0.05) is 56.3 Å². The molecule has 1 N–H and O–H groups in total. The molecule has 0 spiro atoms. The zero-order chi connectivity index (χ0) is 14.9. The van der Waals surface area contributed by atoms with Crippen molar-refractivity contribution in [2.24, 2.45) is 0 Å². The van der Waals surface area contributed by atoms with Crippen molar-refractivity contribution in [3.63, 3.8) is 0 Å². The molecule has 0 aliphatic heterocycles. The number of carbonyl (C=O) groups excluding carboxylic acids is 1. The summed E-state index contributed by atoms with van der Waals surface area (Å²) in [6.45, 7) is 4.32. The molecule has 1 saturated carbocycles. The molecular weight excluding hydrogens is 258 g/mol. The van der Waals surface area contributed by atoms with Crippen LogP contribution in [0.25, 0.3) is 0 Å². The average Bonchev–Trinajstić information content (AvgIpc) is 3.30. The molecule has 0 aromatic heterocycles. The van der Waals surface area contributed by atoms with Gasteiger partial charge in [0.15, 0.2) is 0 Å². The summed E-state index contributed by atoms with van der Waals surface area (Å²) in [5, 5.41) is 3.10. The summed E-state index contributed by atoms with van der Waals surface area (Å²) >= 11 is 0. The predicted octanol–water partition coefficient (Wildman–Crippen LogP) is 4.48. The van der Waals surface area contributed by atoms with Gasteiger partial charge in [-0.2, -0.15) is 0 Å². The molecule has 2 aromatic rings. The van der Waals surface area contributed by atoms with Gasteiger partial charge in [-0.05, 0) is 42.0 Å². The van der Waals surface area contributed by atoms with Gasteiger partial charge in [-0.15, -0.1) is 0 Å². The fraction of sp³-hybridized carbons (Fsp3) is 0.316. The maximum absolute atomic E-state index is 12.7. The van der Waals surface area contributed by atoms with Crippen LogP contribution in [0.1, 0.15) is 43.7 Å². The number of carbonyl (C=O) groups is 1. The van der Waals surface area contributed by atoms with Crippen molar-refractivity contribution in [3.8, 4) is 0 Å². The zero-order valence-corrected chi connectivity index (χ0v) is 12.6. The van der Waals surface area contributed by atoms with Crippen molar-refractivity contribution >= 4 is 11.6 Å². The Bertz CT molecular complexity index is 642. The molecule has 0 saturated heterocycles. The van der Waals surface area contributed by atoms with E-state index in [1.165, 1.54) is 5.56 Å². The van der Waals surface area contributed by atoms with Crippen LogP contribution in [0.5, 0.6) is 0 Å². The Balaban J connectivity index is 1.80. The van der Waals surface area contributed by atoms with E-state index in [4.69, 9.17) is 0 Å². The number of hydrogen-bond donors (Lipinski definition) is 1. The first kappa shape index (κ1) is 13.9. The molecule has 1 amide bonds. The quantitative estimate of drug-likeness (QED) is 0.878. The molecule has 1 aliphatic carbocycles. The Labute approximate surface area is 126 Å². The lowest BCUT2D eigenvalue weighted by Gasteiger charge is -2.16. The van der Waals surface area contributed by atoms with Crippen LogP contribution in [-0.4, -0.2) is 5.91 Å². The van der Waals surface area contributed by atoms with Crippen LogP contribution < -0.4 is 5.32 Å². The summed E-state index contributed by atoms with van der Waals surface area (Å²) < 4.78 is 0. The van der Waals surface area contributed by atoms with Gasteiger partial charge in [0.05, 0.1) is 5.41 Å². The molecule has 0 bridgehead atoms. The molecule has 1 fully saturated rings. The van der Waals surface area contributed by atoms with E-state index >= 15 is 0 Å². The van der Waals surface area contributed by atoms with E-state index in [9.17, 15) is 4.79 Å². The first-order valence-corrected chi connectivity index (χ1v) is 7.59. The van der Waals surface area contributed by atoms with Crippen molar-refractivity contribution < 1.29 is 4.79 Å². The monoisotopic (exact) mass is 279 g/mol. The maximum Gasteiger partial charge on any atom is 0.235 e. The van der Waals surface area contributed by atoms with Gasteiger partial charge in [-0.3, -0.25) is 4.79 Å². The summed E-state index contributed by atoms with van der Waals surface area (Å²) in [7, 11) is 0. The molecule has 2 nitrogen and oxygen atoms in total. The standard InChI is InChI=1S/C19H21NO/c1-14(2)15-7-6-10-17(13-15)20-18(21)19(11-12-19)16-8-4-3-5-9-16/h3-10,13-14H,11-12H2,1-2H3,(H,20,21). The first-order valence-electron chi connectivity index (χ1n) is 7.59. The van der Waals surface area contributed by atoms with Crippen LogP contribution in [0.2, 0.25) is 0 Å². The Kier molecular flexibility index (Phi) is 3.54. The number of amides is 1. The van der Waals surface area contributed by atoms with E-state index in [0.29, 0.717) is 5.92 Å². The molecule has 1 aliphatic rings. The third kappa shape index (κ3) is 2.71. The van der Waals surface area contributed by atoms with Crippen LogP contribution >= 0.6 is 0 Å². The third-order valence-electron chi connectivity index (χ3n) is 4.32. The second-order valence-electron chi connectivity index (χ2n) is 6.18. The highest BCUT2D eigenvalue weighted by molar-refractivity contribution is 6.01. The van der Waals surface area contributed by atoms with Crippen LogP contribution in [-0.2, 0) is 10.2 Å². The maximum atomic E-state index is 12.7. The van der Waals surface area contributed by atoms with Gasteiger partial charge in [0.2, 0.25) is 5.91 Å². The highest BCUT2D eigenvalue weighted by Gasteiger charge is 2.51. The van der Waals surface area contributed by atoms with Crippen LogP contribution in [0.3, 0.4) is 0 Å². The zero-order valence-electron chi connectivity index (χ0n) is 12.6. The van der Waals surface area contributed by atoms with Crippen molar-refractivity contribution in [3.05, 3.63) is 65.7 Å². The fourth-order valence-corrected chi connectivity index (χ4v) is 2.76. The fourth-order valence-electron chi connectivity index (χ4n) is 2.76. The molecule has 2 heteroatoms. The summed E-state index contributed by atoms with van der Waals surface area (Å²) in [6, 6.07) is 18.2. The number of rotatable bonds is 4.